The van der Waals surface area contributed by atoms with Crippen LogP contribution >= 0.6 is 11.6 Å². The highest BCUT2D eigenvalue weighted by molar-refractivity contribution is 6.21. The Kier molecular flexibility index (Phi) is 4.09. The van der Waals surface area contributed by atoms with Gasteiger partial charge in [0.15, 0.2) is 5.69 Å². The molecule has 7 heteroatoms. The molecule has 23 heavy (non-hydrogen) atoms. The van der Waals surface area contributed by atoms with Crippen LogP contribution in [0, 0.1) is 0 Å². The predicted octanol–water partition coefficient (Wildman–Crippen LogP) is 3.32. The first-order chi connectivity index (χ1) is 11.0. The lowest BCUT2D eigenvalue weighted by Gasteiger charge is -2.21. The molecule has 0 radical (unpaired) electrons. The molecule has 0 bridgehead atoms. The number of nitrogens with one attached hydrogen (secondary N) is 1. The Morgan fingerprint density at radius 3 is 2.74 bits per heavy atom. The van der Waals surface area contributed by atoms with E-state index in [1.165, 1.54) is 4.90 Å². The zero-order valence-corrected chi connectivity index (χ0v) is 13.7. The van der Waals surface area contributed by atoms with E-state index in [-0.39, 0.29) is 30.2 Å². The Morgan fingerprint density at radius 2 is 2.04 bits per heavy atom. The molecule has 0 spiro atoms. The second-order valence-corrected chi connectivity index (χ2v) is 5.93. The van der Waals surface area contributed by atoms with E-state index in [1.54, 1.807) is 23.0 Å². The second-order valence-electron chi connectivity index (χ2n) is 5.56. The average Bonchev–Trinajstić information content (AvgIpc) is 2.89. The maximum absolute atomic E-state index is 12.6. The maximum atomic E-state index is 12.6. The molecule has 1 aliphatic rings. The lowest BCUT2D eigenvalue weighted by molar-refractivity contribution is -0.117. The van der Waals surface area contributed by atoms with E-state index >= 15 is 0 Å². The normalized spacial score (nSPS) is 13.4. The van der Waals surface area contributed by atoms with Gasteiger partial charge in [0.1, 0.15) is 5.69 Å². The Morgan fingerprint density at radius 1 is 1.30 bits per heavy atom. The van der Waals surface area contributed by atoms with E-state index in [1.807, 2.05) is 26.0 Å². The van der Waals surface area contributed by atoms with Crippen molar-refractivity contribution in [2.45, 2.75) is 26.3 Å². The highest BCUT2D eigenvalue weighted by Crippen LogP contribution is 2.38. The lowest BCUT2D eigenvalue weighted by Crippen LogP contribution is -2.26. The first kappa shape index (κ1) is 15.6. The molecule has 0 atom stereocenters. The van der Waals surface area contributed by atoms with Crippen molar-refractivity contribution in [3.8, 4) is 0 Å². The molecule has 2 aromatic rings. The fourth-order valence-electron chi connectivity index (χ4n) is 2.68. The molecule has 0 saturated heterocycles. The monoisotopic (exact) mass is 332 g/mol. The van der Waals surface area contributed by atoms with Crippen LogP contribution in [-0.2, 0) is 4.79 Å². The van der Waals surface area contributed by atoms with Gasteiger partial charge in [0.2, 0.25) is 5.91 Å². The van der Waals surface area contributed by atoms with E-state index in [0.29, 0.717) is 22.8 Å². The van der Waals surface area contributed by atoms with Crippen LogP contribution in [0.4, 0.5) is 17.1 Å². The van der Waals surface area contributed by atoms with Crippen LogP contribution in [-0.4, -0.2) is 27.5 Å². The summed E-state index contributed by atoms with van der Waals surface area (Å²) in [6.45, 7) is 3.87. The molecular weight excluding hydrogens is 316 g/mol. The number of aromatic nitrogens is 2. The summed E-state index contributed by atoms with van der Waals surface area (Å²) in [5.41, 5.74) is 2.07. The van der Waals surface area contributed by atoms with Gasteiger partial charge in [-0.3, -0.25) is 19.2 Å². The summed E-state index contributed by atoms with van der Waals surface area (Å²) in [6, 6.07) is 7.20. The first-order valence-electron chi connectivity index (χ1n) is 7.41. The summed E-state index contributed by atoms with van der Waals surface area (Å²) < 4.78 is 1.62. The third kappa shape index (κ3) is 2.59. The summed E-state index contributed by atoms with van der Waals surface area (Å²) in [4.78, 5) is 26.8. The van der Waals surface area contributed by atoms with Crippen LogP contribution in [0.3, 0.4) is 0 Å². The van der Waals surface area contributed by atoms with Crippen molar-refractivity contribution < 1.29 is 9.59 Å². The second kappa shape index (κ2) is 6.04. The van der Waals surface area contributed by atoms with Gasteiger partial charge in [-0.2, -0.15) is 5.10 Å². The fourth-order valence-corrected chi connectivity index (χ4v) is 2.84. The number of rotatable bonds is 3. The van der Waals surface area contributed by atoms with Crippen LogP contribution in [0.2, 0.25) is 0 Å². The number of fused-ring (bicyclic) bond motifs is 2. The Balaban J connectivity index is 2.23. The number of hydrogen-bond acceptors (Lipinski definition) is 3. The molecular formula is C16H17ClN4O2. The summed E-state index contributed by atoms with van der Waals surface area (Å²) in [5, 5.41) is 7.14. The van der Waals surface area contributed by atoms with E-state index in [2.05, 4.69) is 10.4 Å². The molecule has 0 saturated carbocycles. The predicted molar refractivity (Wildman–Crippen MR) is 89.5 cm³/mol. The molecule has 3 rings (SSSR count). The number of alkyl halides is 1. The smallest absolute Gasteiger partial charge is 0.276 e. The number of benzene rings is 1. The van der Waals surface area contributed by atoms with E-state index in [9.17, 15) is 9.59 Å². The van der Waals surface area contributed by atoms with Gasteiger partial charge in [-0.1, -0.05) is 12.1 Å². The molecule has 120 valence electrons. The van der Waals surface area contributed by atoms with Gasteiger partial charge in [-0.15, -0.1) is 11.6 Å². The van der Waals surface area contributed by atoms with Crippen molar-refractivity contribution in [2.24, 2.45) is 0 Å². The molecule has 1 aliphatic heterocycles. The van der Waals surface area contributed by atoms with Crippen LogP contribution < -0.4 is 10.2 Å². The Labute approximate surface area is 139 Å². The minimum atomic E-state index is -0.278. The van der Waals surface area contributed by atoms with E-state index in [0.717, 1.165) is 0 Å². The van der Waals surface area contributed by atoms with Crippen molar-refractivity contribution in [3.05, 3.63) is 36.2 Å². The minimum Gasteiger partial charge on any atom is -0.319 e. The molecule has 2 heterocycles. The van der Waals surface area contributed by atoms with Crippen molar-refractivity contribution in [1.82, 2.24) is 9.78 Å². The summed E-state index contributed by atoms with van der Waals surface area (Å²) in [7, 11) is 0. The molecule has 6 nitrogen and oxygen atoms in total. The third-order valence-corrected chi connectivity index (χ3v) is 3.86. The summed E-state index contributed by atoms with van der Waals surface area (Å²) in [5.74, 6) is -0.236. The van der Waals surface area contributed by atoms with Crippen LogP contribution in [0.15, 0.2) is 30.5 Å². The number of nitrogens with zero attached hydrogens (tertiary/aromatic N) is 3. The number of carbonyl (C=O) groups is 2. The van der Waals surface area contributed by atoms with Gasteiger partial charge >= 0.3 is 0 Å². The van der Waals surface area contributed by atoms with Crippen molar-refractivity contribution in [1.29, 1.82) is 0 Å². The van der Waals surface area contributed by atoms with E-state index in [4.69, 9.17) is 11.6 Å². The number of para-hydroxylation sites is 2. The highest BCUT2D eigenvalue weighted by Gasteiger charge is 2.32. The SMILES string of the molecule is CC(C)n1ncc2c1C(=O)Nc1ccccc1N2C(=O)CCCl. The standard InChI is InChI=1S/C16H17ClN4O2/c1-10(2)21-15-13(9-18-21)20(14(22)7-8-17)12-6-4-3-5-11(12)19-16(15)23/h3-6,9-10H,7-8H2,1-2H3,(H,19,23). The van der Waals surface area contributed by atoms with Crippen molar-refractivity contribution in [3.63, 3.8) is 0 Å². The molecule has 0 fully saturated rings. The van der Waals surface area contributed by atoms with Crippen molar-refractivity contribution in [2.75, 3.05) is 16.1 Å². The molecule has 2 amide bonds. The first-order valence-corrected chi connectivity index (χ1v) is 7.95. The number of hydrogen-bond donors (Lipinski definition) is 1. The largest absolute Gasteiger partial charge is 0.319 e. The number of anilines is 3. The minimum absolute atomic E-state index is 0.00399. The molecule has 1 aromatic carbocycles. The van der Waals surface area contributed by atoms with Crippen LogP contribution in [0.25, 0.3) is 0 Å². The van der Waals surface area contributed by atoms with Gasteiger partial charge in [0, 0.05) is 18.3 Å². The Bertz CT molecular complexity index is 769. The van der Waals surface area contributed by atoms with Crippen LogP contribution in [0.5, 0.6) is 0 Å². The number of carbonyl (C=O) groups excluding carboxylic acids is 2. The molecule has 1 aromatic heterocycles. The van der Waals surface area contributed by atoms with Gasteiger partial charge in [0.25, 0.3) is 5.91 Å². The van der Waals surface area contributed by atoms with E-state index < -0.39 is 0 Å². The van der Waals surface area contributed by atoms with Gasteiger partial charge in [-0.25, -0.2) is 0 Å². The number of amides is 2. The van der Waals surface area contributed by atoms with Crippen LogP contribution in [0.1, 0.15) is 36.8 Å². The number of halogens is 1. The average molecular weight is 333 g/mol. The maximum Gasteiger partial charge on any atom is 0.276 e. The third-order valence-electron chi connectivity index (χ3n) is 3.67. The quantitative estimate of drug-likeness (QED) is 0.877. The zero-order valence-electron chi connectivity index (χ0n) is 12.9. The molecule has 0 aliphatic carbocycles. The molecule has 1 N–H and O–H groups in total. The zero-order chi connectivity index (χ0) is 16.6. The highest BCUT2D eigenvalue weighted by atomic mass is 35.5. The molecule has 0 unspecified atom stereocenters. The topological polar surface area (TPSA) is 67.2 Å². The van der Waals surface area contributed by atoms with Gasteiger partial charge in [-0.05, 0) is 26.0 Å². The fraction of sp³-hybridized carbons (Fsp3) is 0.312. The lowest BCUT2D eigenvalue weighted by atomic mass is 10.2. The van der Waals surface area contributed by atoms with Crippen molar-refractivity contribution >= 4 is 40.5 Å². The summed E-state index contributed by atoms with van der Waals surface area (Å²) in [6.07, 6.45) is 1.74. The van der Waals surface area contributed by atoms with Gasteiger partial charge in [0.05, 0.1) is 17.6 Å². The summed E-state index contributed by atoms with van der Waals surface area (Å²) >= 11 is 5.74. The van der Waals surface area contributed by atoms with Gasteiger partial charge < -0.3 is 5.32 Å². The Hall–Kier alpha value is -2.34.